The van der Waals surface area contributed by atoms with Crippen LogP contribution in [0, 0.1) is 11.7 Å². The van der Waals surface area contributed by atoms with Crippen molar-refractivity contribution in [2.45, 2.75) is 31.6 Å². The quantitative estimate of drug-likeness (QED) is 0.664. The fourth-order valence-corrected chi connectivity index (χ4v) is 4.96. The molecular formula is C22H27FN2O5S. The zero-order chi connectivity index (χ0) is 22.4. The van der Waals surface area contributed by atoms with Crippen LogP contribution in [-0.2, 0) is 14.8 Å². The molecule has 2 aromatic carbocycles. The summed E-state index contributed by atoms with van der Waals surface area (Å²) >= 11 is 0. The van der Waals surface area contributed by atoms with Gasteiger partial charge in [-0.1, -0.05) is 0 Å². The van der Waals surface area contributed by atoms with Gasteiger partial charge < -0.3 is 14.8 Å². The number of benzene rings is 2. The Bertz CT molecular complexity index is 1000. The number of nitrogens with zero attached hydrogens (tertiary/aromatic N) is 1. The number of carbonyl (C=O) groups is 1. The zero-order valence-electron chi connectivity index (χ0n) is 17.6. The molecule has 0 aliphatic carbocycles. The fourth-order valence-electron chi connectivity index (χ4n) is 3.48. The van der Waals surface area contributed by atoms with Crippen molar-refractivity contribution in [3.63, 3.8) is 0 Å². The van der Waals surface area contributed by atoms with E-state index in [0.29, 0.717) is 43.2 Å². The molecule has 0 aromatic heterocycles. The fraction of sp³-hybridized carbons (Fsp3) is 0.409. The largest absolute Gasteiger partial charge is 0.490 e. The summed E-state index contributed by atoms with van der Waals surface area (Å²) in [6.45, 7) is 4.97. The van der Waals surface area contributed by atoms with Gasteiger partial charge in [0.2, 0.25) is 15.9 Å². The highest BCUT2D eigenvalue weighted by Gasteiger charge is 2.32. The van der Waals surface area contributed by atoms with Gasteiger partial charge >= 0.3 is 0 Å². The molecule has 0 spiro atoms. The van der Waals surface area contributed by atoms with Crippen LogP contribution < -0.4 is 14.8 Å². The first kappa shape index (κ1) is 23.0. The van der Waals surface area contributed by atoms with E-state index < -0.39 is 10.0 Å². The maximum absolute atomic E-state index is 13.1. The molecule has 2 aromatic rings. The van der Waals surface area contributed by atoms with E-state index in [1.807, 2.05) is 13.8 Å². The van der Waals surface area contributed by atoms with Gasteiger partial charge in [0.05, 0.1) is 18.1 Å². The number of amides is 1. The number of nitrogens with one attached hydrogen (secondary N) is 1. The molecule has 1 aliphatic rings. The molecular weight excluding hydrogens is 423 g/mol. The Kier molecular flexibility index (Phi) is 7.50. The zero-order valence-corrected chi connectivity index (χ0v) is 18.5. The van der Waals surface area contributed by atoms with E-state index in [1.165, 1.54) is 40.7 Å². The summed E-state index contributed by atoms with van der Waals surface area (Å²) in [7, 11) is -3.72. The van der Waals surface area contributed by atoms with Gasteiger partial charge in [0.15, 0.2) is 11.5 Å². The topological polar surface area (TPSA) is 84.9 Å². The number of rotatable bonds is 8. The highest BCUT2D eigenvalue weighted by atomic mass is 32.2. The first-order valence-corrected chi connectivity index (χ1v) is 11.8. The van der Waals surface area contributed by atoms with E-state index >= 15 is 0 Å². The number of hydrogen-bond acceptors (Lipinski definition) is 5. The van der Waals surface area contributed by atoms with Crippen molar-refractivity contribution in [2.75, 3.05) is 31.6 Å². The Labute approximate surface area is 182 Å². The molecule has 7 nitrogen and oxygen atoms in total. The number of carbonyl (C=O) groups excluding carboxylic acids is 1. The predicted octanol–water partition coefficient (Wildman–Crippen LogP) is 3.66. The third-order valence-electron chi connectivity index (χ3n) is 5.09. The molecule has 1 fully saturated rings. The maximum Gasteiger partial charge on any atom is 0.243 e. The molecule has 1 N–H and O–H groups in total. The molecule has 1 heterocycles. The molecule has 0 atom stereocenters. The van der Waals surface area contributed by atoms with Crippen LogP contribution in [0.5, 0.6) is 11.5 Å². The number of piperidine rings is 1. The van der Waals surface area contributed by atoms with Gasteiger partial charge in [-0.25, -0.2) is 12.8 Å². The lowest BCUT2D eigenvalue weighted by Gasteiger charge is -2.30. The minimum atomic E-state index is -3.72. The minimum Gasteiger partial charge on any atom is -0.490 e. The van der Waals surface area contributed by atoms with Crippen molar-refractivity contribution in [2.24, 2.45) is 5.92 Å². The van der Waals surface area contributed by atoms with Crippen LogP contribution in [-0.4, -0.2) is 44.9 Å². The van der Waals surface area contributed by atoms with Crippen LogP contribution in [0.25, 0.3) is 0 Å². The third kappa shape index (κ3) is 5.54. The summed E-state index contributed by atoms with van der Waals surface area (Å²) in [5.74, 6) is 0.0101. The summed E-state index contributed by atoms with van der Waals surface area (Å²) in [5, 5.41) is 2.76. The number of hydrogen-bond donors (Lipinski definition) is 1. The molecule has 0 bridgehead atoms. The van der Waals surface area contributed by atoms with Gasteiger partial charge in [-0.05, 0) is 63.1 Å². The summed E-state index contributed by atoms with van der Waals surface area (Å²) in [6, 6.07) is 10.1. The Morgan fingerprint density at radius 3 is 2.26 bits per heavy atom. The van der Waals surface area contributed by atoms with Crippen LogP contribution in [0.1, 0.15) is 26.7 Å². The van der Waals surface area contributed by atoms with Crippen LogP contribution in [0.15, 0.2) is 47.4 Å². The summed E-state index contributed by atoms with van der Waals surface area (Å²) in [6.07, 6.45) is 0.809. The van der Waals surface area contributed by atoms with Crippen molar-refractivity contribution in [1.29, 1.82) is 0 Å². The third-order valence-corrected chi connectivity index (χ3v) is 6.98. The number of anilines is 1. The average Bonchev–Trinajstić information content (AvgIpc) is 2.77. The van der Waals surface area contributed by atoms with E-state index in [2.05, 4.69) is 5.32 Å². The van der Waals surface area contributed by atoms with Crippen molar-refractivity contribution in [1.82, 2.24) is 4.31 Å². The maximum atomic E-state index is 13.1. The molecule has 0 saturated carbocycles. The number of halogens is 1. The van der Waals surface area contributed by atoms with Crippen LogP contribution in [0.2, 0.25) is 0 Å². The van der Waals surface area contributed by atoms with E-state index in [0.717, 1.165) is 0 Å². The molecule has 0 unspecified atom stereocenters. The Morgan fingerprint density at radius 1 is 1.03 bits per heavy atom. The van der Waals surface area contributed by atoms with Crippen LogP contribution >= 0.6 is 0 Å². The highest BCUT2D eigenvalue weighted by molar-refractivity contribution is 7.89. The van der Waals surface area contributed by atoms with Gasteiger partial charge in [-0.3, -0.25) is 4.79 Å². The monoisotopic (exact) mass is 450 g/mol. The first-order valence-electron chi connectivity index (χ1n) is 10.3. The van der Waals surface area contributed by atoms with Crippen molar-refractivity contribution >= 4 is 21.6 Å². The second-order valence-corrected chi connectivity index (χ2v) is 9.09. The van der Waals surface area contributed by atoms with Crippen molar-refractivity contribution < 1.29 is 27.1 Å². The second kappa shape index (κ2) is 10.1. The van der Waals surface area contributed by atoms with Gasteiger partial charge in [0.1, 0.15) is 5.82 Å². The molecule has 3 rings (SSSR count). The number of ether oxygens (including phenoxy) is 2. The summed E-state index contributed by atoms with van der Waals surface area (Å²) in [5.41, 5.74) is 0.513. The smallest absolute Gasteiger partial charge is 0.243 e. The highest BCUT2D eigenvalue weighted by Crippen LogP contribution is 2.32. The van der Waals surface area contributed by atoms with E-state index in [4.69, 9.17) is 9.47 Å². The van der Waals surface area contributed by atoms with Gasteiger partial charge in [-0.15, -0.1) is 0 Å². The molecule has 1 saturated heterocycles. The lowest BCUT2D eigenvalue weighted by Crippen LogP contribution is -2.41. The molecule has 1 aliphatic heterocycles. The van der Waals surface area contributed by atoms with Crippen molar-refractivity contribution in [3.05, 3.63) is 48.3 Å². The molecule has 168 valence electrons. The van der Waals surface area contributed by atoms with E-state index in [1.54, 1.807) is 6.07 Å². The number of sulfonamides is 1. The lowest BCUT2D eigenvalue weighted by molar-refractivity contribution is -0.120. The van der Waals surface area contributed by atoms with Crippen LogP contribution in [0.4, 0.5) is 10.1 Å². The van der Waals surface area contributed by atoms with E-state index in [-0.39, 0.29) is 35.6 Å². The molecule has 0 radical (unpaired) electrons. The molecule has 9 heteroatoms. The Hall–Kier alpha value is -2.65. The molecule has 31 heavy (non-hydrogen) atoms. The van der Waals surface area contributed by atoms with E-state index in [9.17, 15) is 17.6 Å². The van der Waals surface area contributed by atoms with Crippen molar-refractivity contribution in [3.8, 4) is 11.5 Å². The predicted molar refractivity (Wildman–Crippen MR) is 115 cm³/mol. The standard InChI is InChI=1S/C22H27FN2O5S/c1-3-29-20-10-9-19(15-21(20)30-4-2)31(27,28)25-13-11-16(12-14-25)22(26)24-18-7-5-17(23)6-8-18/h5-10,15-16H,3-4,11-14H2,1-2H3,(H,24,26). The summed E-state index contributed by atoms with van der Waals surface area (Å²) < 4.78 is 51.7. The summed E-state index contributed by atoms with van der Waals surface area (Å²) in [4.78, 5) is 12.6. The van der Waals surface area contributed by atoms with Gasteiger partial charge in [-0.2, -0.15) is 4.31 Å². The molecule has 1 amide bonds. The van der Waals surface area contributed by atoms with Crippen LogP contribution in [0.3, 0.4) is 0 Å². The SMILES string of the molecule is CCOc1ccc(S(=O)(=O)N2CCC(C(=O)Nc3ccc(F)cc3)CC2)cc1OCC. The Morgan fingerprint density at radius 2 is 1.65 bits per heavy atom. The van der Waals surface area contributed by atoms with Gasteiger partial charge in [0.25, 0.3) is 0 Å². The minimum absolute atomic E-state index is 0.133. The Balaban J connectivity index is 1.66. The normalized spacial score (nSPS) is 15.5. The van der Waals surface area contributed by atoms with Gasteiger partial charge in [0, 0.05) is 30.8 Å². The average molecular weight is 451 g/mol. The lowest BCUT2D eigenvalue weighted by atomic mass is 9.97. The second-order valence-electron chi connectivity index (χ2n) is 7.15. The first-order chi connectivity index (χ1) is 14.8.